The van der Waals surface area contributed by atoms with E-state index in [2.05, 4.69) is 20.4 Å². The van der Waals surface area contributed by atoms with E-state index in [0.717, 1.165) is 17.0 Å². The highest BCUT2D eigenvalue weighted by atomic mass is 15.5. The summed E-state index contributed by atoms with van der Waals surface area (Å²) in [5.41, 5.74) is 2.95. The van der Waals surface area contributed by atoms with Gasteiger partial charge >= 0.3 is 0 Å². The van der Waals surface area contributed by atoms with Gasteiger partial charge in [-0.25, -0.2) is 4.68 Å². The first-order valence-electron chi connectivity index (χ1n) is 6.70. The average molecular weight is 280 g/mol. The number of rotatable bonds is 3. The Morgan fingerprint density at radius 1 is 1.05 bits per heavy atom. The fourth-order valence-corrected chi connectivity index (χ4v) is 2.11. The second kappa shape index (κ2) is 5.32. The average Bonchev–Trinajstić information content (AvgIpc) is 3.00. The van der Waals surface area contributed by atoms with Crippen molar-refractivity contribution in [1.29, 1.82) is 0 Å². The molecule has 0 amide bonds. The zero-order valence-corrected chi connectivity index (χ0v) is 12.2. The SMILES string of the molecule is Cc1cc(C)n(-c2nnc(C)n2/N=C\c2ccccc2)n1. The maximum absolute atomic E-state index is 4.47. The summed E-state index contributed by atoms with van der Waals surface area (Å²) in [4.78, 5) is 0. The van der Waals surface area contributed by atoms with E-state index in [1.54, 1.807) is 15.6 Å². The Bertz CT molecular complexity index is 782. The normalized spacial score (nSPS) is 11.4. The maximum atomic E-state index is 4.47. The molecule has 3 rings (SSSR count). The molecule has 1 aromatic carbocycles. The van der Waals surface area contributed by atoms with Gasteiger partial charge < -0.3 is 0 Å². The Morgan fingerprint density at radius 3 is 2.48 bits per heavy atom. The molecule has 0 spiro atoms. The highest BCUT2D eigenvalue weighted by molar-refractivity contribution is 5.79. The van der Waals surface area contributed by atoms with Crippen LogP contribution in [-0.4, -0.2) is 30.9 Å². The third kappa shape index (κ3) is 2.60. The fraction of sp³-hybridized carbons (Fsp3) is 0.200. The Balaban J connectivity index is 2.02. The van der Waals surface area contributed by atoms with E-state index in [4.69, 9.17) is 0 Å². The van der Waals surface area contributed by atoms with Crippen molar-refractivity contribution in [2.75, 3.05) is 0 Å². The Hall–Kier alpha value is -2.76. The van der Waals surface area contributed by atoms with Crippen LogP contribution in [0.2, 0.25) is 0 Å². The maximum Gasteiger partial charge on any atom is 0.273 e. The minimum Gasteiger partial charge on any atom is -0.202 e. The number of hydrogen-bond acceptors (Lipinski definition) is 4. The summed E-state index contributed by atoms with van der Waals surface area (Å²) < 4.78 is 3.43. The van der Waals surface area contributed by atoms with Gasteiger partial charge in [0.05, 0.1) is 11.9 Å². The zero-order valence-electron chi connectivity index (χ0n) is 12.2. The summed E-state index contributed by atoms with van der Waals surface area (Å²) in [6.07, 6.45) is 1.78. The van der Waals surface area contributed by atoms with Gasteiger partial charge in [0, 0.05) is 5.69 Å². The molecule has 106 valence electrons. The highest BCUT2D eigenvalue weighted by Crippen LogP contribution is 2.11. The van der Waals surface area contributed by atoms with Crippen molar-refractivity contribution in [2.45, 2.75) is 20.8 Å². The monoisotopic (exact) mass is 280 g/mol. The predicted octanol–water partition coefficient (Wildman–Crippen LogP) is 2.27. The Morgan fingerprint density at radius 2 is 1.81 bits per heavy atom. The molecule has 2 heterocycles. The lowest BCUT2D eigenvalue weighted by atomic mass is 10.2. The second-order valence-corrected chi connectivity index (χ2v) is 4.85. The van der Waals surface area contributed by atoms with Crippen LogP contribution in [-0.2, 0) is 0 Å². The summed E-state index contributed by atoms with van der Waals surface area (Å²) in [7, 11) is 0. The molecular formula is C15H16N6. The molecular weight excluding hydrogens is 264 g/mol. The summed E-state index contributed by atoms with van der Waals surface area (Å²) in [6, 6.07) is 11.9. The first-order valence-corrected chi connectivity index (χ1v) is 6.70. The summed E-state index contributed by atoms with van der Waals surface area (Å²) in [5, 5.41) is 17.2. The Labute approximate surface area is 122 Å². The molecule has 3 aromatic rings. The minimum atomic E-state index is 0.588. The number of aryl methyl sites for hydroxylation is 3. The van der Waals surface area contributed by atoms with Crippen molar-refractivity contribution in [2.24, 2.45) is 5.10 Å². The molecule has 0 bridgehead atoms. The predicted molar refractivity (Wildman–Crippen MR) is 80.8 cm³/mol. The van der Waals surface area contributed by atoms with Gasteiger partial charge in [0.2, 0.25) is 0 Å². The van der Waals surface area contributed by atoms with Crippen LogP contribution in [0.1, 0.15) is 22.8 Å². The molecule has 6 nitrogen and oxygen atoms in total. The molecule has 0 aliphatic heterocycles. The topological polar surface area (TPSA) is 60.9 Å². The first kappa shape index (κ1) is 13.2. The van der Waals surface area contributed by atoms with Crippen molar-refractivity contribution in [3.63, 3.8) is 0 Å². The van der Waals surface area contributed by atoms with E-state index in [-0.39, 0.29) is 0 Å². The van der Waals surface area contributed by atoms with Gasteiger partial charge in [-0.15, -0.1) is 10.2 Å². The molecule has 0 aliphatic carbocycles. The van der Waals surface area contributed by atoms with E-state index in [1.807, 2.05) is 57.2 Å². The molecule has 0 unspecified atom stereocenters. The van der Waals surface area contributed by atoms with Gasteiger partial charge in [-0.2, -0.15) is 14.9 Å². The third-order valence-corrected chi connectivity index (χ3v) is 3.10. The lowest BCUT2D eigenvalue weighted by Crippen LogP contribution is -2.07. The number of nitrogens with zero attached hydrogens (tertiary/aromatic N) is 6. The van der Waals surface area contributed by atoms with Crippen LogP contribution in [0.25, 0.3) is 5.95 Å². The molecule has 0 fully saturated rings. The molecule has 0 N–H and O–H groups in total. The van der Waals surface area contributed by atoms with Crippen molar-refractivity contribution < 1.29 is 0 Å². The van der Waals surface area contributed by atoms with Crippen molar-refractivity contribution in [3.8, 4) is 5.95 Å². The third-order valence-electron chi connectivity index (χ3n) is 3.10. The second-order valence-electron chi connectivity index (χ2n) is 4.85. The van der Waals surface area contributed by atoms with Crippen LogP contribution in [0, 0.1) is 20.8 Å². The van der Waals surface area contributed by atoms with Gasteiger partial charge in [-0.1, -0.05) is 30.3 Å². The van der Waals surface area contributed by atoms with Gasteiger partial charge in [0.1, 0.15) is 0 Å². The van der Waals surface area contributed by atoms with E-state index in [9.17, 15) is 0 Å². The van der Waals surface area contributed by atoms with Crippen LogP contribution < -0.4 is 0 Å². The van der Waals surface area contributed by atoms with Crippen LogP contribution >= 0.6 is 0 Å². The zero-order chi connectivity index (χ0) is 14.8. The summed E-state index contributed by atoms with van der Waals surface area (Å²) in [6.45, 7) is 5.80. The number of aromatic nitrogens is 5. The minimum absolute atomic E-state index is 0.588. The van der Waals surface area contributed by atoms with Crippen LogP contribution in [0.15, 0.2) is 41.5 Å². The van der Waals surface area contributed by atoms with Crippen LogP contribution in [0.3, 0.4) is 0 Å². The van der Waals surface area contributed by atoms with Crippen molar-refractivity contribution >= 4 is 6.21 Å². The molecule has 0 atom stereocenters. The molecule has 0 saturated heterocycles. The molecule has 2 aromatic heterocycles. The first-order chi connectivity index (χ1) is 10.1. The van der Waals surface area contributed by atoms with E-state index < -0.39 is 0 Å². The van der Waals surface area contributed by atoms with Gasteiger partial charge in [-0.05, 0) is 32.4 Å². The smallest absolute Gasteiger partial charge is 0.202 e. The summed E-state index contributed by atoms with van der Waals surface area (Å²) in [5.74, 6) is 1.30. The van der Waals surface area contributed by atoms with Crippen LogP contribution in [0.4, 0.5) is 0 Å². The lowest BCUT2D eigenvalue weighted by molar-refractivity contribution is 0.708. The molecule has 0 aliphatic rings. The van der Waals surface area contributed by atoms with Gasteiger partial charge in [0.25, 0.3) is 5.95 Å². The van der Waals surface area contributed by atoms with Gasteiger partial charge in [-0.3, -0.25) is 0 Å². The fourth-order valence-electron chi connectivity index (χ4n) is 2.11. The molecule has 0 saturated carbocycles. The van der Waals surface area contributed by atoms with Crippen molar-refractivity contribution in [3.05, 3.63) is 59.2 Å². The van der Waals surface area contributed by atoms with Crippen LogP contribution in [0.5, 0.6) is 0 Å². The highest BCUT2D eigenvalue weighted by Gasteiger charge is 2.13. The lowest BCUT2D eigenvalue weighted by Gasteiger charge is -2.03. The quantitative estimate of drug-likeness (QED) is 0.691. The number of hydrogen-bond donors (Lipinski definition) is 0. The molecule has 0 radical (unpaired) electrons. The van der Waals surface area contributed by atoms with E-state index in [1.165, 1.54) is 0 Å². The number of benzene rings is 1. The molecule has 6 heteroatoms. The largest absolute Gasteiger partial charge is 0.273 e. The van der Waals surface area contributed by atoms with E-state index in [0.29, 0.717) is 11.8 Å². The van der Waals surface area contributed by atoms with E-state index >= 15 is 0 Å². The molecule has 21 heavy (non-hydrogen) atoms. The summed E-state index contributed by atoms with van der Waals surface area (Å²) >= 11 is 0. The van der Waals surface area contributed by atoms with Gasteiger partial charge in [0.15, 0.2) is 5.82 Å². The standard InChI is InChI=1S/C15H16N6/c1-11-9-12(2)20(19-11)15-18-17-13(3)21(15)16-10-14-7-5-4-6-8-14/h4-10H,1-3H3/b16-10-. The van der Waals surface area contributed by atoms with Crippen molar-refractivity contribution in [1.82, 2.24) is 24.7 Å². The Kier molecular flexibility index (Phi) is 3.35.